The molecule has 0 aromatic heterocycles. The quantitative estimate of drug-likeness (QED) is 0.612. The average molecular weight is 355 g/mol. The SMILES string of the molecule is CCCCNC(=S)Nc1cc(C(F)(F)F)ccc1Br. The highest BCUT2D eigenvalue weighted by molar-refractivity contribution is 9.10. The minimum absolute atomic E-state index is 0.295. The molecule has 0 bridgehead atoms. The Balaban J connectivity index is 2.74. The van der Waals surface area contributed by atoms with Crippen molar-refractivity contribution in [2.75, 3.05) is 11.9 Å². The van der Waals surface area contributed by atoms with Gasteiger partial charge >= 0.3 is 6.18 Å². The Morgan fingerprint density at radius 3 is 2.63 bits per heavy atom. The Kier molecular flexibility index (Phi) is 6.06. The van der Waals surface area contributed by atoms with Gasteiger partial charge in [0.1, 0.15) is 0 Å². The molecule has 7 heteroatoms. The molecule has 0 unspecified atom stereocenters. The zero-order chi connectivity index (χ0) is 14.5. The van der Waals surface area contributed by atoms with E-state index in [1.54, 1.807) is 0 Å². The minimum Gasteiger partial charge on any atom is -0.362 e. The van der Waals surface area contributed by atoms with Crippen molar-refractivity contribution in [1.82, 2.24) is 5.32 Å². The molecule has 0 atom stereocenters. The first kappa shape index (κ1) is 16.2. The predicted molar refractivity (Wildman–Crippen MR) is 78.3 cm³/mol. The van der Waals surface area contributed by atoms with Crippen LogP contribution in [0.15, 0.2) is 22.7 Å². The number of unbranched alkanes of at least 4 members (excludes halogenated alkanes) is 1. The fraction of sp³-hybridized carbons (Fsp3) is 0.417. The molecule has 1 aromatic carbocycles. The van der Waals surface area contributed by atoms with Crippen LogP contribution in [0.2, 0.25) is 0 Å². The fourth-order valence-electron chi connectivity index (χ4n) is 1.34. The van der Waals surface area contributed by atoms with Crippen molar-refractivity contribution in [3.8, 4) is 0 Å². The van der Waals surface area contributed by atoms with Crippen LogP contribution >= 0.6 is 28.1 Å². The van der Waals surface area contributed by atoms with Crippen molar-refractivity contribution in [1.29, 1.82) is 0 Å². The fourth-order valence-corrected chi connectivity index (χ4v) is 1.90. The van der Waals surface area contributed by atoms with E-state index in [9.17, 15) is 13.2 Å². The maximum atomic E-state index is 12.6. The van der Waals surface area contributed by atoms with Crippen LogP contribution in [0.5, 0.6) is 0 Å². The van der Waals surface area contributed by atoms with Crippen molar-refractivity contribution in [2.24, 2.45) is 0 Å². The summed E-state index contributed by atoms with van der Waals surface area (Å²) in [6, 6.07) is 3.39. The van der Waals surface area contributed by atoms with Crippen LogP contribution in [-0.4, -0.2) is 11.7 Å². The summed E-state index contributed by atoms with van der Waals surface area (Å²) in [5.74, 6) is 0. The molecule has 0 saturated carbocycles. The van der Waals surface area contributed by atoms with Crippen molar-refractivity contribution >= 4 is 38.9 Å². The molecule has 0 heterocycles. The summed E-state index contributed by atoms with van der Waals surface area (Å²) in [4.78, 5) is 0. The summed E-state index contributed by atoms with van der Waals surface area (Å²) in [6.07, 6.45) is -2.40. The second kappa shape index (κ2) is 7.09. The lowest BCUT2D eigenvalue weighted by Crippen LogP contribution is -2.29. The van der Waals surface area contributed by atoms with E-state index in [1.807, 2.05) is 6.92 Å². The van der Waals surface area contributed by atoms with Gasteiger partial charge in [0.25, 0.3) is 0 Å². The summed E-state index contributed by atoms with van der Waals surface area (Å²) in [7, 11) is 0. The lowest BCUT2D eigenvalue weighted by Gasteiger charge is -2.14. The molecular formula is C12H14BrF3N2S. The van der Waals surface area contributed by atoms with Crippen LogP contribution in [0.4, 0.5) is 18.9 Å². The number of halogens is 4. The maximum Gasteiger partial charge on any atom is 0.416 e. The lowest BCUT2D eigenvalue weighted by atomic mass is 10.2. The molecule has 1 rings (SSSR count). The van der Waals surface area contributed by atoms with Crippen LogP contribution in [-0.2, 0) is 6.18 Å². The first-order chi connectivity index (χ1) is 8.84. The van der Waals surface area contributed by atoms with Crippen molar-refractivity contribution in [2.45, 2.75) is 25.9 Å². The maximum absolute atomic E-state index is 12.6. The predicted octanol–water partition coefficient (Wildman–Crippen LogP) is 4.55. The summed E-state index contributed by atoms with van der Waals surface area (Å²) in [5, 5.41) is 6.00. The van der Waals surface area contributed by atoms with Gasteiger partial charge in [0.2, 0.25) is 0 Å². The molecule has 19 heavy (non-hydrogen) atoms. The van der Waals surface area contributed by atoms with Crippen molar-refractivity contribution in [3.63, 3.8) is 0 Å². The number of thiocarbonyl (C=S) groups is 1. The number of hydrogen-bond donors (Lipinski definition) is 2. The smallest absolute Gasteiger partial charge is 0.362 e. The number of hydrogen-bond acceptors (Lipinski definition) is 1. The van der Waals surface area contributed by atoms with Crippen LogP contribution < -0.4 is 10.6 Å². The highest BCUT2D eigenvalue weighted by Gasteiger charge is 2.30. The van der Waals surface area contributed by atoms with Gasteiger partial charge in [-0.3, -0.25) is 0 Å². The molecule has 0 spiro atoms. The van der Waals surface area contributed by atoms with Gasteiger partial charge in [-0.2, -0.15) is 13.2 Å². The Labute approximate surface area is 123 Å². The molecule has 0 fully saturated rings. The standard InChI is InChI=1S/C12H14BrF3N2S/c1-2-3-6-17-11(19)18-10-7-8(12(14,15)16)4-5-9(10)13/h4-5,7H,2-3,6H2,1H3,(H2,17,18,19). The van der Waals surface area contributed by atoms with Gasteiger partial charge in [-0.15, -0.1) is 0 Å². The van der Waals surface area contributed by atoms with Gasteiger partial charge in [-0.1, -0.05) is 13.3 Å². The van der Waals surface area contributed by atoms with E-state index in [0.29, 0.717) is 21.8 Å². The molecule has 0 amide bonds. The van der Waals surface area contributed by atoms with E-state index in [1.165, 1.54) is 6.07 Å². The highest BCUT2D eigenvalue weighted by atomic mass is 79.9. The van der Waals surface area contributed by atoms with Crippen molar-refractivity contribution < 1.29 is 13.2 Å². The third kappa shape index (κ3) is 5.36. The van der Waals surface area contributed by atoms with E-state index < -0.39 is 11.7 Å². The second-order valence-electron chi connectivity index (χ2n) is 3.93. The third-order valence-electron chi connectivity index (χ3n) is 2.36. The molecule has 2 nitrogen and oxygen atoms in total. The molecule has 0 aliphatic rings. The van der Waals surface area contributed by atoms with Gasteiger partial charge < -0.3 is 10.6 Å². The Hall–Kier alpha value is -0.820. The Bertz CT molecular complexity index is 449. The molecule has 1 aromatic rings. The molecule has 0 aliphatic carbocycles. The van der Waals surface area contributed by atoms with E-state index >= 15 is 0 Å². The van der Waals surface area contributed by atoms with Crippen LogP contribution in [0.1, 0.15) is 25.3 Å². The molecular weight excluding hydrogens is 341 g/mol. The van der Waals surface area contributed by atoms with E-state index in [0.717, 1.165) is 25.0 Å². The molecule has 2 N–H and O–H groups in total. The zero-order valence-corrected chi connectivity index (χ0v) is 12.7. The van der Waals surface area contributed by atoms with Crippen LogP contribution in [0.25, 0.3) is 0 Å². The van der Waals surface area contributed by atoms with Crippen LogP contribution in [0.3, 0.4) is 0 Å². The zero-order valence-electron chi connectivity index (χ0n) is 10.3. The number of benzene rings is 1. The van der Waals surface area contributed by atoms with E-state index in [2.05, 4.69) is 26.6 Å². The topological polar surface area (TPSA) is 24.1 Å². The minimum atomic E-state index is -4.37. The molecule has 106 valence electrons. The summed E-state index contributed by atoms with van der Waals surface area (Å²) >= 11 is 8.21. The third-order valence-corrected chi connectivity index (χ3v) is 3.30. The Morgan fingerprint density at radius 1 is 1.37 bits per heavy atom. The molecule has 0 saturated heterocycles. The van der Waals surface area contributed by atoms with Gasteiger partial charge in [-0.05, 0) is 52.8 Å². The van der Waals surface area contributed by atoms with Gasteiger partial charge in [0, 0.05) is 11.0 Å². The largest absolute Gasteiger partial charge is 0.416 e. The Morgan fingerprint density at radius 2 is 2.05 bits per heavy atom. The molecule has 0 aliphatic heterocycles. The first-order valence-electron chi connectivity index (χ1n) is 5.76. The van der Waals surface area contributed by atoms with Crippen molar-refractivity contribution in [3.05, 3.63) is 28.2 Å². The molecule has 0 radical (unpaired) electrons. The van der Waals surface area contributed by atoms with Crippen LogP contribution in [0, 0.1) is 0 Å². The number of nitrogens with one attached hydrogen (secondary N) is 2. The number of alkyl halides is 3. The van der Waals surface area contributed by atoms with Gasteiger partial charge in [0.15, 0.2) is 5.11 Å². The number of rotatable bonds is 4. The number of anilines is 1. The highest BCUT2D eigenvalue weighted by Crippen LogP contribution is 2.33. The summed E-state index contributed by atoms with van der Waals surface area (Å²) in [6.45, 7) is 2.74. The van der Waals surface area contributed by atoms with Gasteiger partial charge in [0.05, 0.1) is 11.3 Å². The van der Waals surface area contributed by atoms with E-state index in [-0.39, 0.29) is 0 Å². The summed E-state index contributed by atoms with van der Waals surface area (Å²) < 4.78 is 38.3. The first-order valence-corrected chi connectivity index (χ1v) is 6.96. The second-order valence-corrected chi connectivity index (χ2v) is 5.19. The van der Waals surface area contributed by atoms with E-state index in [4.69, 9.17) is 12.2 Å². The lowest BCUT2D eigenvalue weighted by molar-refractivity contribution is -0.137. The average Bonchev–Trinajstić information content (AvgIpc) is 2.31. The van der Waals surface area contributed by atoms with Gasteiger partial charge in [-0.25, -0.2) is 0 Å². The normalized spacial score (nSPS) is 11.2. The summed E-state index contributed by atoms with van der Waals surface area (Å²) in [5.41, 5.74) is -0.418. The monoisotopic (exact) mass is 354 g/mol.